The fraction of sp³-hybridized carbons (Fsp3) is 0.500. The molecule has 1 aromatic heterocycles. The highest BCUT2D eigenvalue weighted by Crippen LogP contribution is 2.18. The van der Waals surface area contributed by atoms with Gasteiger partial charge in [0.05, 0.1) is 18.5 Å². The van der Waals surface area contributed by atoms with Gasteiger partial charge in [0.1, 0.15) is 4.90 Å². The Bertz CT molecular complexity index is 631. The van der Waals surface area contributed by atoms with Gasteiger partial charge in [0.2, 0.25) is 10.0 Å². The standard InChI is InChI=1S/C12H19N3O4S/c1-8(12(16)19-5)6-7-13-20(17,18)11-9(2)14-15(4)10(11)3/h13H,1,6-7H2,2-5H3. The van der Waals surface area contributed by atoms with Gasteiger partial charge in [0.25, 0.3) is 0 Å². The summed E-state index contributed by atoms with van der Waals surface area (Å²) in [6.07, 6.45) is 0.185. The molecule has 0 amide bonds. The van der Waals surface area contributed by atoms with Gasteiger partial charge >= 0.3 is 5.97 Å². The van der Waals surface area contributed by atoms with Crippen molar-refractivity contribution >= 4 is 16.0 Å². The topological polar surface area (TPSA) is 90.3 Å². The Morgan fingerprint density at radius 1 is 1.45 bits per heavy atom. The van der Waals surface area contributed by atoms with Crippen molar-refractivity contribution in [2.75, 3.05) is 13.7 Å². The molecule has 1 aromatic rings. The number of carbonyl (C=O) groups is 1. The van der Waals surface area contributed by atoms with Crippen molar-refractivity contribution in [1.29, 1.82) is 0 Å². The van der Waals surface area contributed by atoms with E-state index in [1.807, 2.05) is 0 Å². The number of aryl methyl sites for hydroxylation is 2. The molecule has 0 aliphatic rings. The maximum absolute atomic E-state index is 12.2. The number of hydrogen-bond acceptors (Lipinski definition) is 5. The Hall–Kier alpha value is -1.67. The van der Waals surface area contributed by atoms with E-state index in [1.165, 1.54) is 11.8 Å². The maximum atomic E-state index is 12.2. The molecule has 0 aromatic carbocycles. The number of methoxy groups -OCH3 is 1. The predicted octanol–water partition coefficient (Wildman–Crippen LogP) is 0.435. The van der Waals surface area contributed by atoms with Gasteiger partial charge in [-0.3, -0.25) is 4.68 Å². The van der Waals surface area contributed by atoms with Gasteiger partial charge in [-0.1, -0.05) is 6.58 Å². The lowest BCUT2D eigenvalue weighted by molar-refractivity contribution is -0.136. The van der Waals surface area contributed by atoms with Crippen molar-refractivity contribution in [1.82, 2.24) is 14.5 Å². The zero-order chi connectivity index (χ0) is 15.5. The zero-order valence-electron chi connectivity index (χ0n) is 12.1. The van der Waals surface area contributed by atoms with Crippen LogP contribution >= 0.6 is 0 Å². The molecule has 0 bridgehead atoms. The van der Waals surface area contributed by atoms with Crippen LogP contribution in [0.2, 0.25) is 0 Å². The lowest BCUT2D eigenvalue weighted by Crippen LogP contribution is -2.26. The summed E-state index contributed by atoms with van der Waals surface area (Å²) in [6, 6.07) is 0. The van der Waals surface area contributed by atoms with Gasteiger partial charge in [-0.25, -0.2) is 17.9 Å². The highest BCUT2D eigenvalue weighted by Gasteiger charge is 2.23. The summed E-state index contributed by atoms with van der Waals surface area (Å²) < 4.78 is 32.8. The quantitative estimate of drug-likeness (QED) is 0.608. The van der Waals surface area contributed by atoms with Gasteiger partial charge < -0.3 is 4.74 Å². The van der Waals surface area contributed by atoms with E-state index < -0.39 is 16.0 Å². The first-order valence-corrected chi connectivity index (χ1v) is 7.45. The molecule has 0 spiro atoms. The van der Waals surface area contributed by atoms with Crippen LogP contribution in [0.5, 0.6) is 0 Å². The minimum absolute atomic E-state index is 0.0735. The molecular weight excluding hydrogens is 282 g/mol. The second kappa shape index (κ2) is 6.19. The van der Waals surface area contributed by atoms with E-state index in [4.69, 9.17) is 0 Å². The summed E-state index contributed by atoms with van der Waals surface area (Å²) in [5.74, 6) is -0.544. The first kappa shape index (κ1) is 16.4. The summed E-state index contributed by atoms with van der Waals surface area (Å²) in [4.78, 5) is 11.3. The third kappa shape index (κ3) is 3.45. The van der Waals surface area contributed by atoms with Gasteiger partial charge in [-0.05, 0) is 20.3 Å². The van der Waals surface area contributed by atoms with Crippen molar-refractivity contribution in [3.8, 4) is 0 Å². The number of carbonyl (C=O) groups excluding carboxylic acids is 1. The number of nitrogens with zero attached hydrogens (tertiary/aromatic N) is 2. The van der Waals surface area contributed by atoms with E-state index in [0.29, 0.717) is 11.4 Å². The van der Waals surface area contributed by atoms with Crippen LogP contribution < -0.4 is 4.72 Å². The zero-order valence-corrected chi connectivity index (χ0v) is 12.9. The van der Waals surface area contributed by atoms with E-state index >= 15 is 0 Å². The van der Waals surface area contributed by atoms with E-state index in [-0.39, 0.29) is 23.4 Å². The lowest BCUT2D eigenvalue weighted by Gasteiger charge is -2.08. The molecule has 1 heterocycles. The summed E-state index contributed by atoms with van der Waals surface area (Å²) in [5, 5.41) is 4.07. The molecule has 0 atom stereocenters. The van der Waals surface area contributed by atoms with E-state index in [9.17, 15) is 13.2 Å². The number of rotatable bonds is 6. The summed E-state index contributed by atoms with van der Waals surface area (Å²) >= 11 is 0. The maximum Gasteiger partial charge on any atom is 0.333 e. The van der Waals surface area contributed by atoms with Crippen LogP contribution in [-0.2, 0) is 26.6 Å². The molecule has 0 aliphatic heterocycles. The fourth-order valence-corrected chi connectivity index (χ4v) is 3.26. The summed E-state index contributed by atoms with van der Waals surface area (Å²) in [6.45, 7) is 6.92. The number of hydrogen-bond donors (Lipinski definition) is 1. The van der Waals surface area contributed by atoms with E-state index in [1.54, 1.807) is 20.9 Å². The highest BCUT2D eigenvalue weighted by atomic mass is 32.2. The predicted molar refractivity (Wildman–Crippen MR) is 73.6 cm³/mol. The first-order chi connectivity index (χ1) is 9.20. The smallest absolute Gasteiger partial charge is 0.333 e. The third-order valence-electron chi connectivity index (χ3n) is 2.90. The Balaban J connectivity index is 2.77. The van der Waals surface area contributed by atoms with Crippen LogP contribution in [-0.4, -0.2) is 37.8 Å². The first-order valence-electron chi connectivity index (χ1n) is 5.96. The van der Waals surface area contributed by atoms with Crippen molar-refractivity contribution in [2.45, 2.75) is 25.2 Å². The molecule has 8 heteroatoms. The molecule has 0 aliphatic carbocycles. The highest BCUT2D eigenvalue weighted by molar-refractivity contribution is 7.89. The minimum atomic E-state index is -3.66. The molecule has 0 saturated heterocycles. The van der Waals surface area contributed by atoms with Crippen LogP contribution in [0.1, 0.15) is 17.8 Å². The van der Waals surface area contributed by atoms with E-state index in [0.717, 1.165) is 0 Å². The molecule has 7 nitrogen and oxygen atoms in total. The van der Waals surface area contributed by atoms with Gasteiger partial charge in [0, 0.05) is 19.2 Å². The van der Waals surface area contributed by atoms with Crippen LogP contribution in [0.25, 0.3) is 0 Å². The van der Waals surface area contributed by atoms with Crippen molar-refractivity contribution in [3.63, 3.8) is 0 Å². The number of esters is 1. The Morgan fingerprint density at radius 2 is 2.05 bits per heavy atom. The van der Waals surface area contributed by atoms with Crippen molar-refractivity contribution in [2.24, 2.45) is 7.05 Å². The molecule has 20 heavy (non-hydrogen) atoms. The number of ether oxygens (including phenoxy) is 1. The van der Waals surface area contributed by atoms with Crippen LogP contribution in [0, 0.1) is 13.8 Å². The average molecular weight is 301 g/mol. The monoisotopic (exact) mass is 301 g/mol. The van der Waals surface area contributed by atoms with Crippen molar-refractivity contribution < 1.29 is 17.9 Å². The largest absolute Gasteiger partial charge is 0.466 e. The van der Waals surface area contributed by atoms with Crippen LogP contribution in [0.4, 0.5) is 0 Å². The summed E-state index contributed by atoms with van der Waals surface area (Å²) in [7, 11) is -0.724. The second-order valence-electron chi connectivity index (χ2n) is 4.37. The molecule has 0 fully saturated rings. The van der Waals surface area contributed by atoms with Gasteiger partial charge in [-0.15, -0.1) is 0 Å². The minimum Gasteiger partial charge on any atom is -0.466 e. The van der Waals surface area contributed by atoms with E-state index in [2.05, 4.69) is 21.1 Å². The number of aromatic nitrogens is 2. The Morgan fingerprint density at radius 3 is 2.50 bits per heavy atom. The Kier molecular flexibility index (Phi) is 5.07. The molecule has 1 N–H and O–H groups in total. The lowest BCUT2D eigenvalue weighted by atomic mass is 10.2. The fourth-order valence-electron chi connectivity index (χ4n) is 1.80. The molecule has 0 saturated carbocycles. The van der Waals surface area contributed by atoms with Gasteiger partial charge in [0.15, 0.2) is 0 Å². The number of sulfonamides is 1. The average Bonchev–Trinajstić information content (AvgIpc) is 2.62. The van der Waals surface area contributed by atoms with Gasteiger partial charge in [-0.2, -0.15) is 5.10 Å². The normalized spacial score (nSPS) is 11.4. The second-order valence-corrected chi connectivity index (χ2v) is 6.07. The SMILES string of the molecule is C=C(CCNS(=O)(=O)c1c(C)nn(C)c1C)C(=O)OC. The molecule has 112 valence electrons. The summed E-state index contributed by atoms with van der Waals surface area (Å²) in [5.41, 5.74) is 1.21. The number of nitrogens with one attached hydrogen (secondary N) is 1. The van der Waals surface area contributed by atoms with Crippen LogP contribution in [0.15, 0.2) is 17.0 Å². The molecular formula is C12H19N3O4S. The molecule has 0 unspecified atom stereocenters. The third-order valence-corrected chi connectivity index (χ3v) is 4.62. The molecule has 1 rings (SSSR count). The van der Waals surface area contributed by atoms with Crippen molar-refractivity contribution in [3.05, 3.63) is 23.5 Å². The van der Waals surface area contributed by atoms with Crippen LogP contribution in [0.3, 0.4) is 0 Å². The Labute approximate surface area is 118 Å². The molecule has 0 radical (unpaired) electrons.